The van der Waals surface area contributed by atoms with Gasteiger partial charge < -0.3 is 10.1 Å². The van der Waals surface area contributed by atoms with Gasteiger partial charge in [-0.2, -0.15) is 0 Å². The molecule has 2 aromatic rings. The first-order valence-electron chi connectivity index (χ1n) is 7.19. The normalized spacial score (nSPS) is 10.7. The molecule has 112 valence electrons. The lowest BCUT2D eigenvalue weighted by Gasteiger charge is -2.10. The van der Waals surface area contributed by atoms with Crippen LogP contribution in [0.5, 0.6) is 5.75 Å². The molecule has 0 aliphatic rings. The first-order chi connectivity index (χ1) is 10.1. The summed E-state index contributed by atoms with van der Waals surface area (Å²) in [5.74, 6) is 0.749. The van der Waals surface area contributed by atoms with Gasteiger partial charge in [0.2, 0.25) is 0 Å². The standard InChI is InChI=1S/C18H22FNO/c1-13-11-17(19)6-5-16(13)8-9-20-12-15-4-7-18(21-3)14(2)10-15/h4-7,10-11,20H,8-9,12H2,1-3H3. The molecule has 0 radical (unpaired) electrons. The maximum atomic E-state index is 13.0. The van der Waals surface area contributed by atoms with E-state index in [1.165, 1.54) is 17.2 Å². The van der Waals surface area contributed by atoms with Crippen LogP contribution >= 0.6 is 0 Å². The lowest BCUT2D eigenvalue weighted by molar-refractivity contribution is 0.411. The zero-order chi connectivity index (χ0) is 15.2. The lowest BCUT2D eigenvalue weighted by atomic mass is 10.1. The molecule has 0 aliphatic heterocycles. The second kappa shape index (κ2) is 7.23. The Bertz CT molecular complexity index is 610. The van der Waals surface area contributed by atoms with Crippen molar-refractivity contribution in [1.29, 1.82) is 0 Å². The molecule has 21 heavy (non-hydrogen) atoms. The molecule has 0 atom stereocenters. The van der Waals surface area contributed by atoms with E-state index in [2.05, 4.69) is 17.4 Å². The van der Waals surface area contributed by atoms with Crippen molar-refractivity contribution >= 4 is 0 Å². The van der Waals surface area contributed by atoms with Gasteiger partial charge in [0.05, 0.1) is 7.11 Å². The fraction of sp³-hybridized carbons (Fsp3) is 0.333. The van der Waals surface area contributed by atoms with Crippen molar-refractivity contribution in [2.24, 2.45) is 0 Å². The third kappa shape index (κ3) is 4.30. The van der Waals surface area contributed by atoms with Gasteiger partial charge in [-0.05, 0) is 67.3 Å². The quantitative estimate of drug-likeness (QED) is 0.816. The number of halogens is 1. The minimum absolute atomic E-state index is 0.169. The average Bonchev–Trinajstić information content (AvgIpc) is 2.45. The summed E-state index contributed by atoms with van der Waals surface area (Å²) in [6.45, 7) is 5.69. The van der Waals surface area contributed by atoms with Crippen LogP contribution in [0.15, 0.2) is 36.4 Å². The number of hydrogen-bond acceptors (Lipinski definition) is 2. The molecule has 0 bridgehead atoms. The molecule has 0 aromatic heterocycles. The molecule has 3 heteroatoms. The summed E-state index contributed by atoms with van der Waals surface area (Å²) >= 11 is 0. The number of aryl methyl sites for hydroxylation is 2. The number of ether oxygens (including phenoxy) is 1. The van der Waals surface area contributed by atoms with E-state index in [-0.39, 0.29) is 5.82 Å². The maximum absolute atomic E-state index is 13.0. The molecule has 0 heterocycles. The van der Waals surface area contributed by atoms with Crippen LogP contribution in [0.4, 0.5) is 4.39 Å². The third-order valence-electron chi connectivity index (χ3n) is 3.66. The summed E-state index contributed by atoms with van der Waals surface area (Å²) in [7, 11) is 1.69. The van der Waals surface area contributed by atoms with E-state index < -0.39 is 0 Å². The zero-order valence-electron chi connectivity index (χ0n) is 12.9. The van der Waals surface area contributed by atoms with Crippen LogP contribution in [0.25, 0.3) is 0 Å². The third-order valence-corrected chi connectivity index (χ3v) is 3.66. The van der Waals surface area contributed by atoms with Gasteiger partial charge in [0.1, 0.15) is 11.6 Å². The smallest absolute Gasteiger partial charge is 0.123 e. The Hall–Kier alpha value is -1.87. The lowest BCUT2D eigenvalue weighted by Crippen LogP contribution is -2.17. The van der Waals surface area contributed by atoms with Crippen LogP contribution in [0.3, 0.4) is 0 Å². The summed E-state index contributed by atoms with van der Waals surface area (Å²) in [6.07, 6.45) is 0.904. The molecule has 0 saturated carbocycles. The molecule has 0 aliphatic carbocycles. The van der Waals surface area contributed by atoms with Gasteiger partial charge in [0.25, 0.3) is 0 Å². The van der Waals surface area contributed by atoms with Crippen LogP contribution in [-0.2, 0) is 13.0 Å². The molecule has 0 unspecified atom stereocenters. The summed E-state index contributed by atoms with van der Waals surface area (Å²) in [4.78, 5) is 0. The highest BCUT2D eigenvalue weighted by atomic mass is 19.1. The summed E-state index contributed by atoms with van der Waals surface area (Å²) in [6, 6.07) is 11.2. The number of benzene rings is 2. The SMILES string of the molecule is COc1ccc(CNCCc2ccc(F)cc2C)cc1C. The Kier molecular flexibility index (Phi) is 5.34. The van der Waals surface area contributed by atoms with Crippen molar-refractivity contribution < 1.29 is 9.13 Å². The van der Waals surface area contributed by atoms with Crippen LogP contribution in [0, 0.1) is 19.7 Å². The summed E-state index contributed by atoms with van der Waals surface area (Å²) < 4.78 is 18.3. The summed E-state index contributed by atoms with van der Waals surface area (Å²) in [5, 5.41) is 3.42. The molecule has 2 aromatic carbocycles. The van der Waals surface area contributed by atoms with Crippen LogP contribution in [-0.4, -0.2) is 13.7 Å². The van der Waals surface area contributed by atoms with Crippen molar-refractivity contribution in [1.82, 2.24) is 5.32 Å². The molecule has 0 spiro atoms. The predicted molar refractivity (Wildman–Crippen MR) is 84.3 cm³/mol. The van der Waals surface area contributed by atoms with Crippen LogP contribution < -0.4 is 10.1 Å². The van der Waals surface area contributed by atoms with Gasteiger partial charge in [-0.25, -0.2) is 4.39 Å². The maximum Gasteiger partial charge on any atom is 0.123 e. The highest BCUT2D eigenvalue weighted by molar-refractivity contribution is 5.36. The Morgan fingerprint density at radius 1 is 1.05 bits per heavy atom. The van der Waals surface area contributed by atoms with E-state index in [9.17, 15) is 4.39 Å². The first kappa shape index (κ1) is 15.5. The van der Waals surface area contributed by atoms with Gasteiger partial charge in [-0.15, -0.1) is 0 Å². The average molecular weight is 287 g/mol. The van der Waals surface area contributed by atoms with E-state index in [1.54, 1.807) is 13.2 Å². The monoisotopic (exact) mass is 287 g/mol. The number of nitrogens with one attached hydrogen (secondary N) is 1. The molecule has 2 nitrogen and oxygen atoms in total. The van der Waals surface area contributed by atoms with E-state index in [4.69, 9.17) is 4.74 Å². The van der Waals surface area contributed by atoms with Crippen LogP contribution in [0.1, 0.15) is 22.3 Å². The van der Waals surface area contributed by atoms with Crippen molar-refractivity contribution in [2.45, 2.75) is 26.8 Å². The van der Waals surface area contributed by atoms with Crippen molar-refractivity contribution in [3.8, 4) is 5.75 Å². The molecular weight excluding hydrogens is 265 g/mol. The molecule has 0 amide bonds. The van der Waals surface area contributed by atoms with E-state index in [0.29, 0.717) is 0 Å². The second-order valence-corrected chi connectivity index (χ2v) is 5.30. The Morgan fingerprint density at radius 3 is 2.52 bits per heavy atom. The molecule has 1 N–H and O–H groups in total. The minimum Gasteiger partial charge on any atom is -0.496 e. The minimum atomic E-state index is -0.169. The first-order valence-corrected chi connectivity index (χ1v) is 7.19. The number of hydrogen-bond donors (Lipinski definition) is 1. The topological polar surface area (TPSA) is 21.3 Å². The van der Waals surface area contributed by atoms with Crippen molar-refractivity contribution in [2.75, 3.05) is 13.7 Å². The van der Waals surface area contributed by atoms with Gasteiger partial charge >= 0.3 is 0 Å². The van der Waals surface area contributed by atoms with Gasteiger partial charge in [0, 0.05) is 6.54 Å². The molecule has 2 rings (SSSR count). The highest BCUT2D eigenvalue weighted by Crippen LogP contribution is 2.18. The van der Waals surface area contributed by atoms with E-state index in [0.717, 1.165) is 36.4 Å². The number of rotatable bonds is 6. The van der Waals surface area contributed by atoms with Crippen molar-refractivity contribution in [3.05, 3.63) is 64.5 Å². The van der Waals surface area contributed by atoms with Gasteiger partial charge in [-0.1, -0.05) is 18.2 Å². The fourth-order valence-electron chi connectivity index (χ4n) is 2.45. The zero-order valence-corrected chi connectivity index (χ0v) is 12.9. The Labute approximate surface area is 126 Å². The second-order valence-electron chi connectivity index (χ2n) is 5.30. The largest absolute Gasteiger partial charge is 0.496 e. The van der Waals surface area contributed by atoms with Gasteiger partial charge in [0.15, 0.2) is 0 Å². The predicted octanol–water partition coefficient (Wildman–Crippen LogP) is 3.78. The Morgan fingerprint density at radius 2 is 1.86 bits per heavy atom. The molecule has 0 saturated heterocycles. The van der Waals surface area contributed by atoms with E-state index >= 15 is 0 Å². The molecule has 0 fully saturated rings. The van der Waals surface area contributed by atoms with E-state index in [1.807, 2.05) is 26.0 Å². The van der Waals surface area contributed by atoms with Gasteiger partial charge in [-0.3, -0.25) is 0 Å². The Balaban J connectivity index is 1.83. The molecular formula is C18H22FNO. The summed E-state index contributed by atoms with van der Waals surface area (Å²) in [5.41, 5.74) is 4.59. The van der Waals surface area contributed by atoms with Crippen molar-refractivity contribution in [3.63, 3.8) is 0 Å². The number of methoxy groups -OCH3 is 1. The van der Waals surface area contributed by atoms with Crippen LogP contribution in [0.2, 0.25) is 0 Å². The fourth-order valence-corrected chi connectivity index (χ4v) is 2.45. The highest BCUT2D eigenvalue weighted by Gasteiger charge is 2.02.